The number of nitrogens with one attached hydrogen (secondary N) is 1. The van der Waals surface area contributed by atoms with E-state index in [2.05, 4.69) is 10.3 Å². The summed E-state index contributed by atoms with van der Waals surface area (Å²) < 4.78 is 5.05. The summed E-state index contributed by atoms with van der Waals surface area (Å²) in [6.45, 7) is 2.32. The number of thioether (sulfide) groups is 1. The predicted molar refractivity (Wildman–Crippen MR) is 105 cm³/mol. The highest BCUT2D eigenvalue weighted by Crippen LogP contribution is 2.37. The Kier molecular flexibility index (Phi) is 5.57. The average Bonchev–Trinajstić information content (AvgIpc) is 2.86. The summed E-state index contributed by atoms with van der Waals surface area (Å²) in [5.74, 6) is 0.619. The molecule has 1 heterocycles. The fourth-order valence-electron chi connectivity index (χ4n) is 2.28. The van der Waals surface area contributed by atoms with Gasteiger partial charge in [0.05, 0.1) is 16.7 Å². The predicted octanol–water partition coefficient (Wildman–Crippen LogP) is 5.26. The maximum absolute atomic E-state index is 12.3. The number of amides is 1. The minimum absolute atomic E-state index is 0.170. The summed E-state index contributed by atoms with van der Waals surface area (Å²) in [7, 11) is 0. The standard InChI is InChI=1S/C18H16Cl2N2O2S/c1-18(9-10-24-13-5-3-2-4-6-13)16(23)22-17(25-18)21-12-7-8-14(19)15(20)11-12/h2-8,11H,9-10H2,1H3,(H,21,22,23). The van der Waals surface area contributed by atoms with Crippen molar-refractivity contribution in [1.82, 2.24) is 0 Å². The molecule has 0 saturated carbocycles. The molecule has 0 aliphatic carbocycles. The molecular weight excluding hydrogens is 379 g/mol. The average molecular weight is 395 g/mol. The molecule has 7 heteroatoms. The third-order valence-electron chi connectivity index (χ3n) is 3.74. The molecule has 0 saturated heterocycles. The molecule has 1 atom stereocenters. The molecule has 0 spiro atoms. The highest BCUT2D eigenvalue weighted by molar-refractivity contribution is 8.16. The molecular formula is C18H16Cl2N2O2S. The molecule has 1 N–H and O–H groups in total. The minimum Gasteiger partial charge on any atom is -0.494 e. The molecule has 0 fully saturated rings. The van der Waals surface area contributed by atoms with Gasteiger partial charge in [-0.05, 0) is 37.3 Å². The molecule has 2 aromatic carbocycles. The zero-order valence-electron chi connectivity index (χ0n) is 13.5. The van der Waals surface area contributed by atoms with Crippen LogP contribution in [0.15, 0.2) is 53.5 Å². The Hall–Kier alpha value is -1.69. The summed E-state index contributed by atoms with van der Waals surface area (Å²) in [5.41, 5.74) is 0.734. The van der Waals surface area contributed by atoms with Gasteiger partial charge >= 0.3 is 0 Å². The minimum atomic E-state index is -0.646. The van der Waals surface area contributed by atoms with E-state index in [1.807, 2.05) is 37.3 Å². The van der Waals surface area contributed by atoms with Crippen LogP contribution in [0.5, 0.6) is 5.75 Å². The van der Waals surface area contributed by atoms with Gasteiger partial charge in [-0.2, -0.15) is 4.99 Å². The highest BCUT2D eigenvalue weighted by Gasteiger charge is 2.41. The van der Waals surface area contributed by atoms with Gasteiger partial charge in [0.1, 0.15) is 10.5 Å². The number of ether oxygens (including phenoxy) is 1. The van der Waals surface area contributed by atoms with Gasteiger partial charge in [0.25, 0.3) is 5.91 Å². The molecule has 0 aromatic heterocycles. The first-order valence-electron chi connectivity index (χ1n) is 7.68. The zero-order valence-corrected chi connectivity index (χ0v) is 15.8. The van der Waals surface area contributed by atoms with Gasteiger partial charge in [-0.25, -0.2) is 0 Å². The number of halogens is 2. The fraction of sp³-hybridized carbons (Fsp3) is 0.222. The van der Waals surface area contributed by atoms with Crippen LogP contribution in [0.1, 0.15) is 13.3 Å². The van der Waals surface area contributed by atoms with Crippen LogP contribution in [-0.2, 0) is 4.79 Å². The topological polar surface area (TPSA) is 50.7 Å². The second-order valence-corrected chi connectivity index (χ2v) is 8.03. The largest absolute Gasteiger partial charge is 0.494 e. The van der Waals surface area contributed by atoms with Crippen molar-refractivity contribution < 1.29 is 9.53 Å². The Bertz CT molecular complexity index is 814. The molecule has 1 aliphatic heterocycles. The van der Waals surface area contributed by atoms with Crippen LogP contribution in [0.2, 0.25) is 10.0 Å². The lowest BCUT2D eigenvalue weighted by atomic mass is 10.1. The zero-order chi connectivity index (χ0) is 17.9. The molecule has 130 valence electrons. The van der Waals surface area contributed by atoms with Crippen LogP contribution in [0.3, 0.4) is 0 Å². The van der Waals surface area contributed by atoms with Crippen LogP contribution in [0, 0.1) is 0 Å². The monoisotopic (exact) mass is 394 g/mol. The van der Waals surface area contributed by atoms with Crippen LogP contribution < -0.4 is 10.1 Å². The van der Waals surface area contributed by atoms with Crippen molar-refractivity contribution in [3.63, 3.8) is 0 Å². The van der Waals surface area contributed by atoms with Crippen LogP contribution in [-0.4, -0.2) is 22.4 Å². The summed E-state index contributed by atoms with van der Waals surface area (Å²) in [4.78, 5) is 16.4. The summed E-state index contributed by atoms with van der Waals surface area (Å²) in [6.07, 6.45) is 0.557. The number of amidine groups is 1. The van der Waals surface area contributed by atoms with E-state index in [-0.39, 0.29) is 5.91 Å². The van der Waals surface area contributed by atoms with Crippen LogP contribution >= 0.6 is 35.0 Å². The van der Waals surface area contributed by atoms with Gasteiger partial charge in [-0.15, -0.1) is 0 Å². The van der Waals surface area contributed by atoms with E-state index in [1.165, 1.54) is 11.8 Å². The Morgan fingerprint density at radius 1 is 1.16 bits per heavy atom. The maximum atomic E-state index is 12.3. The maximum Gasteiger partial charge on any atom is 0.264 e. The van der Waals surface area contributed by atoms with Crippen molar-refractivity contribution >= 4 is 51.7 Å². The molecule has 4 nitrogen and oxygen atoms in total. The Morgan fingerprint density at radius 2 is 1.92 bits per heavy atom. The number of nitrogens with zero attached hydrogens (tertiary/aromatic N) is 1. The highest BCUT2D eigenvalue weighted by atomic mass is 35.5. The van der Waals surface area contributed by atoms with E-state index in [0.717, 1.165) is 11.4 Å². The van der Waals surface area contributed by atoms with Gasteiger partial charge in [0.15, 0.2) is 5.17 Å². The van der Waals surface area contributed by atoms with Gasteiger partial charge < -0.3 is 10.1 Å². The number of anilines is 1. The summed E-state index contributed by atoms with van der Waals surface area (Å²) in [6, 6.07) is 14.7. The molecule has 3 rings (SSSR count). The molecule has 2 aromatic rings. The van der Waals surface area contributed by atoms with Gasteiger partial charge in [0.2, 0.25) is 0 Å². The molecule has 25 heavy (non-hydrogen) atoms. The van der Waals surface area contributed by atoms with Crippen molar-refractivity contribution in [1.29, 1.82) is 0 Å². The van der Waals surface area contributed by atoms with Crippen LogP contribution in [0.25, 0.3) is 0 Å². The van der Waals surface area contributed by atoms with Crippen molar-refractivity contribution in [3.05, 3.63) is 58.6 Å². The lowest BCUT2D eigenvalue weighted by molar-refractivity contribution is -0.119. The molecule has 1 amide bonds. The first kappa shape index (κ1) is 18.1. The van der Waals surface area contributed by atoms with Crippen molar-refractivity contribution in [2.45, 2.75) is 18.1 Å². The quantitative estimate of drug-likeness (QED) is 0.750. The number of aliphatic imine (C=N–C) groups is 1. The van der Waals surface area contributed by atoms with Crippen molar-refractivity contribution in [3.8, 4) is 5.75 Å². The normalized spacial score (nSPS) is 19.6. The van der Waals surface area contributed by atoms with E-state index in [4.69, 9.17) is 27.9 Å². The number of benzene rings is 2. The van der Waals surface area contributed by atoms with E-state index in [1.54, 1.807) is 18.2 Å². The van der Waals surface area contributed by atoms with Gasteiger partial charge in [-0.1, -0.05) is 53.2 Å². The number of rotatable bonds is 5. The van der Waals surface area contributed by atoms with E-state index >= 15 is 0 Å². The first-order valence-corrected chi connectivity index (χ1v) is 9.26. The summed E-state index contributed by atoms with van der Waals surface area (Å²) >= 11 is 13.3. The summed E-state index contributed by atoms with van der Waals surface area (Å²) in [5, 5.41) is 4.58. The third kappa shape index (κ3) is 4.48. The Labute approximate surface area is 160 Å². The second-order valence-electron chi connectivity index (χ2n) is 5.72. The second kappa shape index (κ2) is 7.68. The fourth-order valence-corrected chi connectivity index (χ4v) is 3.62. The first-order chi connectivity index (χ1) is 12.0. The number of carbonyl (C=O) groups is 1. The Balaban J connectivity index is 1.58. The number of carbonyl (C=O) groups excluding carboxylic acids is 1. The lowest BCUT2D eigenvalue weighted by Crippen LogP contribution is -2.29. The molecule has 1 unspecified atom stereocenters. The number of para-hydroxylation sites is 1. The molecule has 0 bridgehead atoms. The molecule has 0 radical (unpaired) electrons. The number of hydrogen-bond donors (Lipinski definition) is 1. The van der Waals surface area contributed by atoms with E-state index < -0.39 is 4.75 Å². The van der Waals surface area contributed by atoms with Crippen molar-refractivity contribution in [2.75, 3.05) is 11.9 Å². The van der Waals surface area contributed by atoms with E-state index in [0.29, 0.717) is 28.2 Å². The van der Waals surface area contributed by atoms with Crippen molar-refractivity contribution in [2.24, 2.45) is 4.99 Å². The lowest BCUT2D eigenvalue weighted by Gasteiger charge is -2.20. The number of hydrogen-bond acceptors (Lipinski definition) is 4. The van der Waals surface area contributed by atoms with Gasteiger partial charge in [-0.3, -0.25) is 4.79 Å². The SMILES string of the molecule is CC1(CCOc2ccccc2)SC(Nc2ccc(Cl)c(Cl)c2)=NC1=O. The van der Waals surface area contributed by atoms with E-state index in [9.17, 15) is 4.79 Å². The molecule has 1 aliphatic rings. The van der Waals surface area contributed by atoms with Gasteiger partial charge in [0, 0.05) is 12.1 Å². The van der Waals surface area contributed by atoms with Crippen LogP contribution in [0.4, 0.5) is 5.69 Å². The smallest absolute Gasteiger partial charge is 0.264 e. The Morgan fingerprint density at radius 3 is 2.64 bits per heavy atom. The third-order valence-corrected chi connectivity index (χ3v) is 5.69.